The van der Waals surface area contributed by atoms with E-state index < -0.39 is 11.8 Å². The van der Waals surface area contributed by atoms with Gasteiger partial charge in [0.05, 0.1) is 0 Å². The lowest BCUT2D eigenvalue weighted by molar-refractivity contribution is -0.139. The van der Waals surface area contributed by atoms with Gasteiger partial charge in [0.1, 0.15) is 0 Å². The summed E-state index contributed by atoms with van der Waals surface area (Å²) < 4.78 is 0. The van der Waals surface area contributed by atoms with Crippen LogP contribution in [-0.4, -0.2) is 62.2 Å². The molecule has 6 nitrogen and oxygen atoms in total. The number of aliphatic hydroxyl groups excluding tert-OH is 1. The molecular formula is C9H19N3O3. The number of amides is 2. The normalized spacial score (nSPS) is 10.1. The highest BCUT2D eigenvalue weighted by Gasteiger charge is 2.11. The van der Waals surface area contributed by atoms with Gasteiger partial charge in [-0.3, -0.25) is 9.59 Å². The average Bonchev–Trinajstić information content (AvgIpc) is 2.17. The molecule has 0 saturated heterocycles. The molecule has 0 spiro atoms. The van der Waals surface area contributed by atoms with Gasteiger partial charge in [-0.2, -0.15) is 0 Å². The zero-order valence-electron chi connectivity index (χ0n) is 9.25. The summed E-state index contributed by atoms with van der Waals surface area (Å²) in [6, 6.07) is 0. The Morgan fingerprint density at radius 1 is 1.13 bits per heavy atom. The van der Waals surface area contributed by atoms with E-state index in [2.05, 4.69) is 10.6 Å². The molecule has 0 aromatic heterocycles. The number of hydrogen-bond donors (Lipinski definition) is 3. The van der Waals surface area contributed by atoms with Crippen molar-refractivity contribution in [1.82, 2.24) is 15.5 Å². The highest BCUT2D eigenvalue weighted by atomic mass is 16.3. The lowest BCUT2D eigenvalue weighted by Gasteiger charge is -2.10. The summed E-state index contributed by atoms with van der Waals surface area (Å²) in [5.41, 5.74) is 0. The third-order valence-electron chi connectivity index (χ3n) is 1.67. The molecule has 0 rings (SSSR count). The van der Waals surface area contributed by atoms with Crippen LogP contribution < -0.4 is 10.6 Å². The van der Waals surface area contributed by atoms with Crippen LogP contribution in [-0.2, 0) is 9.59 Å². The molecule has 0 saturated carbocycles. The van der Waals surface area contributed by atoms with Crippen molar-refractivity contribution < 1.29 is 14.7 Å². The van der Waals surface area contributed by atoms with Crippen molar-refractivity contribution in [2.75, 3.05) is 40.3 Å². The minimum Gasteiger partial charge on any atom is -0.396 e. The molecule has 2 amide bonds. The Labute approximate surface area is 89.6 Å². The van der Waals surface area contributed by atoms with Crippen LogP contribution in [0, 0.1) is 0 Å². The summed E-state index contributed by atoms with van der Waals surface area (Å²) in [7, 11) is 3.76. The topological polar surface area (TPSA) is 81.7 Å². The van der Waals surface area contributed by atoms with Crippen molar-refractivity contribution in [2.24, 2.45) is 0 Å². The van der Waals surface area contributed by atoms with Crippen molar-refractivity contribution in [3.05, 3.63) is 0 Å². The van der Waals surface area contributed by atoms with E-state index in [1.54, 1.807) is 0 Å². The maximum absolute atomic E-state index is 11.1. The number of hydrogen-bond acceptors (Lipinski definition) is 4. The molecule has 88 valence electrons. The van der Waals surface area contributed by atoms with Crippen LogP contribution >= 0.6 is 0 Å². The Morgan fingerprint density at radius 2 is 1.67 bits per heavy atom. The van der Waals surface area contributed by atoms with Crippen LogP contribution in [0.15, 0.2) is 0 Å². The Balaban J connectivity index is 3.56. The molecule has 0 aliphatic heterocycles. The molecule has 0 unspecified atom stereocenters. The zero-order valence-corrected chi connectivity index (χ0v) is 9.25. The molecule has 15 heavy (non-hydrogen) atoms. The van der Waals surface area contributed by atoms with E-state index in [9.17, 15) is 9.59 Å². The molecule has 3 N–H and O–H groups in total. The van der Waals surface area contributed by atoms with Crippen molar-refractivity contribution in [1.29, 1.82) is 0 Å². The average molecular weight is 217 g/mol. The van der Waals surface area contributed by atoms with Gasteiger partial charge in [0.25, 0.3) is 0 Å². The van der Waals surface area contributed by atoms with Gasteiger partial charge in [-0.1, -0.05) is 0 Å². The zero-order chi connectivity index (χ0) is 11.7. The van der Waals surface area contributed by atoms with E-state index in [-0.39, 0.29) is 6.61 Å². The van der Waals surface area contributed by atoms with Gasteiger partial charge in [0.2, 0.25) is 0 Å². The third kappa shape index (κ3) is 7.90. The first-order chi connectivity index (χ1) is 7.07. The van der Waals surface area contributed by atoms with Crippen LogP contribution in [0.2, 0.25) is 0 Å². The summed E-state index contributed by atoms with van der Waals surface area (Å²) in [6.45, 7) is 1.45. The summed E-state index contributed by atoms with van der Waals surface area (Å²) in [4.78, 5) is 24.1. The second-order valence-electron chi connectivity index (χ2n) is 3.39. The van der Waals surface area contributed by atoms with Crippen molar-refractivity contribution in [3.8, 4) is 0 Å². The minimum atomic E-state index is -0.651. The van der Waals surface area contributed by atoms with Gasteiger partial charge < -0.3 is 20.6 Å². The van der Waals surface area contributed by atoms with Crippen LogP contribution in [0.3, 0.4) is 0 Å². The monoisotopic (exact) mass is 217 g/mol. The molecule has 0 atom stereocenters. The maximum Gasteiger partial charge on any atom is 0.309 e. The standard InChI is InChI=1S/C9H19N3O3/c1-12(2)6-5-11-9(15)8(14)10-4-3-7-13/h13H,3-7H2,1-2H3,(H,10,14)(H,11,15). The fourth-order valence-electron chi connectivity index (χ4n) is 0.835. The highest BCUT2D eigenvalue weighted by Crippen LogP contribution is 1.75. The third-order valence-corrected chi connectivity index (χ3v) is 1.67. The second-order valence-corrected chi connectivity index (χ2v) is 3.39. The van der Waals surface area contributed by atoms with Crippen LogP contribution in [0.1, 0.15) is 6.42 Å². The Morgan fingerprint density at radius 3 is 2.13 bits per heavy atom. The number of likely N-dealkylation sites (N-methyl/N-ethyl adjacent to an activating group) is 1. The van der Waals surface area contributed by atoms with Gasteiger partial charge in [0.15, 0.2) is 0 Å². The lowest BCUT2D eigenvalue weighted by atomic mass is 10.4. The first kappa shape index (κ1) is 13.9. The lowest BCUT2D eigenvalue weighted by Crippen LogP contribution is -2.42. The molecule has 0 heterocycles. The fourth-order valence-corrected chi connectivity index (χ4v) is 0.835. The quantitative estimate of drug-likeness (QED) is 0.361. The predicted molar refractivity (Wildman–Crippen MR) is 56.3 cm³/mol. The molecule has 0 bridgehead atoms. The summed E-state index contributed by atoms with van der Waals surface area (Å²) in [5.74, 6) is -1.28. The molecular weight excluding hydrogens is 198 g/mol. The number of carbonyl (C=O) groups is 2. The number of rotatable bonds is 6. The molecule has 0 fully saturated rings. The predicted octanol–water partition coefficient (Wildman–Crippen LogP) is -1.84. The van der Waals surface area contributed by atoms with E-state index in [0.717, 1.165) is 0 Å². The number of carbonyl (C=O) groups excluding carboxylic acids is 2. The molecule has 0 aromatic carbocycles. The van der Waals surface area contributed by atoms with E-state index in [1.165, 1.54) is 0 Å². The van der Waals surface area contributed by atoms with Crippen LogP contribution in [0.5, 0.6) is 0 Å². The Hall–Kier alpha value is -1.14. The van der Waals surface area contributed by atoms with Crippen molar-refractivity contribution >= 4 is 11.8 Å². The van der Waals surface area contributed by atoms with E-state index >= 15 is 0 Å². The van der Waals surface area contributed by atoms with Crippen LogP contribution in [0.25, 0.3) is 0 Å². The van der Waals surface area contributed by atoms with E-state index in [1.807, 2.05) is 19.0 Å². The maximum atomic E-state index is 11.1. The largest absolute Gasteiger partial charge is 0.396 e. The molecule has 0 aliphatic rings. The van der Waals surface area contributed by atoms with Crippen molar-refractivity contribution in [2.45, 2.75) is 6.42 Å². The Bertz CT molecular complexity index is 207. The molecule has 0 aromatic rings. The minimum absolute atomic E-state index is 0.00251. The first-order valence-corrected chi connectivity index (χ1v) is 4.89. The van der Waals surface area contributed by atoms with Gasteiger partial charge in [0, 0.05) is 26.2 Å². The number of nitrogens with zero attached hydrogens (tertiary/aromatic N) is 1. The molecule has 6 heteroatoms. The SMILES string of the molecule is CN(C)CCNC(=O)C(=O)NCCCO. The van der Waals surface area contributed by atoms with Crippen molar-refractivity contribution in [3.63, 3.8) is 0 Å². The summed E-state index contributed by atoms with van der Waals surface area (Å²) in [5, 5.41) is 13.3. The van der Waals surface area contributed by atoms with Gasteiger partial charge in [-0.15, -0.1) is 0 Å². The first-order valence-electron chi connectivity index (χ1n) is 4.89. The van der Waals surface area contributed by atoms with Gasteiger partial charge in [-0.25, -0.2) is 0 Å². The van der Waals surface area contributed by atoms with Gasteiger partial charge >= 0.3 is 11.8 Å². The number of aliphatic hydroxyl groups is 1. The number of nitrogens with one attached hydrogen (secondary N) is 2. The second kappa shape index (κ2) is 8.19. The Kier molecular flexibility index (Phi) is 7.57. The fraction of sp³-hybridized carbons (Fsp3) is 0.778. The molecule has 0 radical (unpaired) electrons. The summed E-state index contributed by atoms with van der Waals surface area (Å²) >= 11 is 0. The van der Waals surface area contributed by atoms with E-state index in [4.69, 9.17) is 5.11 Å². The van der Waals surface area contributed by atoms with Gasteiger partial charge in [-0.05, 0) is 20.5 Å². The highest BCUT2D eigenvalue weighted by molar-refractivity contribution is 6.35. The van der Waals surface area contributed by atoms with E-state index in [0.29, 0.717) is 26.1 Å². The summed E-state index contributed by atoms with van der Waals surface area (Å²) in [6.07, 6.45) is 0.455. The smallest absolute Gasteiger partial charge is 0.309 e. The van der Waals surface area contributed by atoms with Crippen LogP contribution in [0.4, 0.5) is 0 Å². The molecule has 0 aliphatic carbocycles.